The number of ether oxygens (including phenoxy) is 2. The number of rotatable bonds is 6. The van der Waals surface area contributed by atoms with Crippen LogP contribution in [-0.2, 0) is 0 Å². The molecule has 2 aromatic rings. The monoisotopic (exact) mass is 316 g/mol. The number of hydrogen-bond acceptors (Lipinski definition) is 4. The average Bonchev–Trinajstić information content (AvgIpc) is 2.53. The summed E-state index contributed by atoms with van der Waals surface area (Å²) < 4.78 is 10.9. The zero-order valence-corrected chi connectivity index (χ0v) is 13.1. The van der Waals surface area contributed by atoms with Crippen molar-refractivity contribution < 1.29 is 19.4 Å². The molecule has 0 atom stereocenters. The van der Waals surface area contributed by atoms with Gasteiger partial charge in [-0.2, -0.15) is 0 Å². The molecular weight excluding hydrogens is 296 g/mol. The van der Waals surface area contributed by atoms with Gasteiger partial charge in [0.1, 0.15) is 5.75 Å². The van der Waals surface area contributed by atoms with E-state index >= 15 is 0 Å². The number of carbonyl (C=O) groups excluding carboxylic acids is 1. The lowest BCUT2D eigenvalue weighted by atomic mass is 10.2. The third kappa shape index (κ3) is 4.81. The minimum Gasteiger partial charge on any atom is -0.506 e. The maximum atomic E-state index is 11.8. The van der Waals surface area contributed by atoms with Gasteiger partial charge < -0.3 is 25.2 Å². The molecule has 0 bridgehead atoms. The highest BCUT2D eigenvalue weighted by molar-refractivity contribution is 5.90. The molecule has 2 rings (SSSR count). The number of amides is 2. The first kappa shape index (κ1) is 16.5. The largest absolute Gasteiger partial charge is 0.506 e. The molecule has 3 N–H and O–H groups in total. The maximum absolute atomic E-state index is 11.8. The molecule has 0 aliphatic rings. The van der Waals surface area contributed by atoms with E-state index in [4.69, 9.17) is 9.47 Å². The van der Waals surface area contributed by atoms with Gasteiger partial charge >= 0.3 is 6.03 Å². The van der Waals surface area contributed by atoms with Crippen LogP contribution in [0.3, 0.4) is 0 Å². The molecule has 0 spiro atoms. The van der Waals surface area contributed by atoms with E-state index in [1.54, 1.807) is 24.3 Å². The van der Waals surface area contributed by atoms with Gasteiger partial charge in [0.25, 0.3) is 0 Å². The van der Waals surface area contributed by atoms with Gasteiger partial charge in [-0.05, 0) is 43.7 Å². The first-order chi connectivity index (χ1) is 11.1. The van der Waals surface area contributed by atoms with Crippen molar-refractivity contribution in [2.24, 2.45) is 0 Å². The van der Waals surface area contributed by atoms with E-state index in [0.717, 1.165) is 5.56 Å². The van der Waals surface area contributed by atoms with E-state index in [-0.39, 0.29) is 12.5 Å². The Morgan fingerprint density at radius 2 is 1.83 bits per heavy atom. The number of urea groups is 1. The molecule has 0 unspecified atom stereocenters. The first-order valence-electron chi connectivity index (χ1n) is 7.29. The second-order valence-corrected chi connectivity index (χ2v) is 4.82. The predicted molar refractivity (Wildman–Crippen MR) is 88.1 cm³/mol. The van der Waals surface area contributed by atoms with Crippen LogP contribution >= 0.6 is 0 Å². The molecule has 23 heavy (non-hydrogen) atoms. The van der Waals surface area contributed by atoms with Crippen LogP contribution in [0, 0.1) is 6.92 Å². The van der Waals surface area contributed by atoms with Gasteiger partial charge in [-0.1, -0.05) is 18.2 Å². The lowest BCUT2D eigenvalue weighted by Gasteiger charge is -2.13. The Bertz CT molecular complexity index is 673. The fourth-order valence-electron chi connectivity index (χ4n) is 1.94. The zero-order valence-electron chi connectivity index (χ0n) is 13.1. The Balaban J connectivity index is 1.87. The van der Waals surface area contributed by atoms with Crippen LogP contribution in [-0.4, -0.2) is 24.5 Å². The molecule has 0 saturated carbocycles. The molecule has 0 fully saturated rings. The van der Waals surface area contributed by atoms with Crippen molar-refractivity contribution in [3.05, 3.63) is 48.0 Å². The summed E-state index contributed by atoms with van der Waals surface area (Å²) in [6, 6.07) is 11.7. The van der Waals surface area contributed by atoms with Crippen molar-refractivity contribution in [3.63, 3.8) is 0 Å². The summed E-state index contributed by atoms with van der Waals surface area (Å²) in [5.74, 6) is 1.18. The highest BCUT2D eigenvalue weighted by Crippen LogP contribution is 2.26. The van der Waals surface area contributed by atoms with Crippen LogP contribution in [0.2, 0.25) is 0 Å². The number of aromatic hydroxyl groups is 1. The van der Waals surface area contributed by atoms with Crippen molar-refractivity contribution in [2.75, 3.05) is 18.7 Å². The molecule has 0 saturated heterocycles. The van der Waals surface area contributed by atoms with Gasteiger partial charge in [0.2, 0.25) is 0 Å². The fourth-order valence-corrected chi connectivity index (χ4v) is 1.94. The van der Waals surface area contributed by atoms with Crippen LogP contribution in [0.25, 0.3) is 0 Å². The number of hydrogen-bond donors (Lipinski definition) is 3. The van der Waals surface area contributed by atoms with Crippen LogP contribution in [0.1, 0.15) is 12.5 Å². The molecule has 6 heteroatoms. The van der Waals surface area contributed by atoms with Crippen molar-refractivity contribution in [2.45, 2.75) is 13.8 Å². The number of nitrogens with one attached hydrogen (secondary N) is 2. The number of para-hydroxylation sites is 2. The van der Waals surface area contributed by atoms with Gasteiger partial charge in [-0.25, -0.2) is 4.79 Å². The third-order valence-corrected chi connectivity index (χ3v) is 3.01. The van der Waals surface area contributed by atoms with Crippen molar-refractivity contribution in [3.8, 4) is 17.2 Å². The number of aryl methyl sites for hydroxylation is 1. The second-order valence-electron chi connectivity index (χ2n) is 4.82. The quantitative estimate of drug-likeness (QED) is 0.564. The molecule has 0 aliphatic heterocycles. The highest BCUT2D eigenvalue weighted by Gasteiger charge is 2.07. The standard InChI is InChI=1S/C17H20N2O4/c1-3-22-15-6-4-5-7-16(15)23-11-18-17(21)19-13-10-12(2)8-9-14(13)20/h4-10,20H,3,11H2,1-2H3,(H2,18,19,21). The molecule has 2 amide bonds. The summed E-state index contributed by atoms with van der Waals surface area (Å²) in [5, 5.41) is 14.8. The van der Waals surface area contributed by atoms with E-state index in [0.29, 0.717) is 23.8 Å². The molecule has 122 valence electrons. The predicted octanol–water partition coefficient (Wildman–Crippen LogP) is 3.26. The summed E-state index contributed by atoms with van der Waals surface area (Å²) in [6.45, 7) is 4.26. The summed E-state index contributed by atoms with van der Waals surface area (Å²) in [6.07, 6.45) is 0. The highest BCUT2D eigenvalue weighted by atomic mass is 16.5. The normalized spacial score (nSPS) is 10.0. The molecular formula is C17H20N2O4. The van der Waals surface area contributed by atoms with Crippen LogP contribution in [0.4, 0.5) is 10.5 Å². The Morgan fingerprint density at radius 1 is 1.13 bits per heavy atom. The fraction of sp³-hybridized carbons (Fsp3) is 0.235. The molecule has 6 nitrogen and oxygen atoms in total. The van der Waals surface area contributed by atoms with Crippen LogP contribution in [0.5, 0.6) is 17.2 Å². The number of anilines is 1. The minimum atomic E-state index is -0.472. The maximum Gasteiger partial charge on any atom is 0.321 e. The molecule has 0 radical (unpaired) electrons. The number of phenols is 1. The smallest absolute Gasteiger partial charge is 0.321 e. The molecule has 0 heterocycles. The summed E-state index contributed by atoms with van der Waals surface area (Å²) in [4.78, 5) is 11.8. The molecule has 0 aromatic heterocycles. The SMILES string of the molecule is CCOc1ccccc1OCNC(=O)Nc1cc(C)ccc1O. The van der Waals surface area contributed by atoms with E-state index in [1.165, 1.54) is 6.07 Å². The Labute approximate surface area is 135 Å². The van der Waals surface area contributed by atoms with E-state index in [1.807, 2.05) is 26.0 Å². The van der Waals surface area contributed by atoms with Gasteiger partial charge in [-0.3, -0.25) is 0 Å². The molecule has 2 aromatic carbocycles. The summed E-state index contributed by atoms with van der Waals surface area (Å²) in [5.41, 5.74) is 1.28. The number of phenolic OH excluding ortho intramolecular Hbond substituents is 1. The Hall–Kier alpha value is -2.89. The Morgan fingerprint density at radius 3 is 2.52 bits per heavy atom. The lowest BCUT2D eigenvalue weighted by molar-refractivity contribution is 0.229. The van der Waals surface area contributed by atoms with Gasteiger partial charge in [0, 0.05) is 0 Å². The molecule has 0 aliphatic carbocycles. The Kier molecular flexibility index (Phi) is 5.68. The average molecular weight is 316 g/mol. The van der Waals surface area contributed by atoms with Gasteiger partial charge in [0.05, 0.1) is 12.3 Å². The second kappa shape index (κ2) is 7.93. The van der Waals surface area contributed by atoms with Crippen molar-refractivity contribution in [1.29, 1.82) is 0 Å². The van der Waals surface area contributed by atoms with Crippen molar-refractivity contribution >= 4 is 11.7 Å². The van der Waals surface area contributed by atoms with Crippen LogP contribution < -0.4 is 20.1 Å². The first-order valence-corrected chi connectivity index (χ1v) is 7.29. The number of carbonyl (C=O) groups is 1. The van der Waals surface area contributed by atoms with Crippen LogP contribution in [0.15, 0.2) is 42.5 Å². The minimum absolute atomic E-state index is 0.00774. The summed E-state index contributed by atoms with van der Waals surface area (Å²) >= 11 is 0. The topological polar surface area (TPSA) is 79.8 Å². The van der Waals surface area contributed by atoms with Crippen molar-refractivity contribution in [1.82, 2.24) is 5.32 Å². The van der Waals surface area contributed by atoms with Gasteiger partial charge in [0.15, 0.2) is 18.2 Å². The zero-order chi connectivity index (χ0) is 16.7. The lowest BCUT2D eigenvalue weighted by Crippen LogP contribution is -2.32. The van der Waals surface area contributed by atoms with Gasteiger partial charge in [-0.15, -0.1) is 0 Å². The van der Waals surface area contributed by atoms with E-state index in [2.05, 4.69) is 10.6 Å². The van der Waals surface area contributed by atoms with E-state index < -0.39 is 6.03 Å². The van der Waals surface area contributed by atoms with E-state index in [9.17, 15) is 9.90 Å². The number of benzene rings is 2. The summed E-state index contributed by atoms with van der Waals surface area (Å²) in [7, 11) is 0. The third-order valence-electron chi connectivity index (χ3n) is 3.01.